The summed E-state index contributed by atoms with van der Waals surface area (Å²) in [6, 6.07) is 9.20. The van der Waals surface area contributed by atoms with Gasteiger partial charge in [0.2, 0.25) is 11.9 Å². The maximum atomic E-state index is 12.5. The molecular weight excluding hydrogens is 320 g/mol. The summed E-state index contributed by atoms with van der Waals surface area (Å²) in [6.07, 6.45) is 3.12. The Bertz CT molecular complexity index is 978. The number of carbonyl (C=O) groups excluding carboxylic acids is 1. The van der Waals surface area contributed by atoms with E-state index in [-0.39, 0.29) is 17.5 Å². The Morgan fingerprint density at radius 3 is 2.88 bits per heavy atom. The van der Waals surface area contributed by atoms with Crippen molar-refractivity contribution in [3.05, 3.63) is 46.9 Å². The number of rotatable bonds is 3. The first kappa shape index (κ1) is 15.4. The number of hydrogen-bond acceptors (Lipinski definition) is 5. The lowest BCUT2D eigenvalue weighted by Crippen LogP contribution is -2.43. The van der Waals surface area contributed by atoms with E-state index in [1.165, 1.54) is 6.20 Å². The number of carbonyl (C=O) groups is 1. The summed E-state index contributed by atoms with van der Waals surface area (Å²) < 4.78 is 1.64. The molecule has 1 unspecified atom stereocenters. The van der Waals surface area contributed by atoms with Gasteiger partial charge in [0.05, 0.1) is 11.9 Å². The van der Waals surface area contributed by atoms with Gasteiger partial charge in [-0.25, -0.2) is 4.68 Å². The van der Waals surface area contributed by atoms with Gasteiger partial charge in [-0.05, 0) is 25.0 Å². The van der Waals surface area contributed by atoms with E-state index in [0.29, 0.717) is 23.5 Å². The lowest BCUT2D eigenvalue weighted by Gasteiger charge is -2.23. The number of benzene rings is 1. The highest BCUT2D eigenvalue weighted by Crippen LogP contribution is 2.23. The Hall–Kier alpha value is -3.16. The number of amides is 1. The summed E-state index contributed by atoms with van der Waals surface area (Å²) in [7, 11) is 1.61. The minimum Gasteiger partial charge on any atom is -0.357 e. The molecule has 4 rings (SSSR count). The zero-order chi connectivity index (χ0) is 17.4. The third-order valence-corrected chi connectivity index (χ3v) is 4.50. The highest BCUT2D eigenvalue weighted by atomic mass is 16.2. The number of aromatic amines is 1. The number of hydrogen-bond donors (Lipinski definition) is 2. The van der Waals surface area contributed by atoms with E-state index in [1.54, 1.807) is 11.7 Å². The first-order valence-corrected chi connectivity index (χ1v) is 8.21. The fraction of sp³-hybridized carbons (Fsp3) is 0.294. The number of H-pyrrole nitrogens is 1. The van der Waals surface area contributed by atoms with E-state index in [0.717, 1.165) is 18.5 Å². The molecule has 0 radical (unpaired) electrons. The topological polar surface area (TPSA) is 95.9 Å². The summed E-state index contributed by atoms with van der Waals surface area (Å²) in [6.45, 7) is 0.673. The molecule has 1 aliphatic rings. The molecule has 128 valence electrons. The van der Waals surface area contributed by atoms with Gasteiger partial charge in [-0.3, -0.25) is 14.6 Å². The van der Waals surface area contributed by atoms with Crippen molar-refractivity contribution in [2.45, 2.75) is 18.9 Å². The van der Waals surface area contributed by atoms with Gasteiger partial charge in [0.15, 0.2) is 5.65 Å². The molecule has 25 heavy (non-hydrogen) atoms. The predicted octanol–water partition coefficient (Wildman–Crippen LogP) is 0.824. The third kappa shape index (κ3) is 2.55. The molecule has 0 aliphatic carbocycles. The van der Waals surface area contributed by atoms with Gasteiger partial charge in [0.1, 0.15) is 11.4 Å². The Morgan fingerprint density at radius 2 is 2.12 bits per heavy atom. The van der Waals surface area contributed by atoms with Crippen LogP contribution >= 0.6 is 0 Å². The summed E-state index contributed by atoms with van der Waals surface area (Å²) >= 11 is 0. The van der Waals surface area contributed by atoms with Crippen LogP contribution in [-0.2, 0) is 4.79 Å². The van der Waals surface area contributed by atoms with Crippen LogP contribution in [-0.4, -0.2) is 45.3 Å². The smallest absolute Gasteiger partial charge is 0.263 e. The molecule has 1 aromatic carbocycles. The molecule has 0 saturated carbocycles. The van der Waals surface area contributed by atoms with Crippen molar-refractivity contribution in [1.82, 2.24) is 25.1 Å². The zero-order valence-corrected chi connectivity index (χ0v) is 13.8. The number of likely N-dealkylation sites (N-methyl/N-ethyl adjacent to an activating group) is 1. The Labute approximate surface area is 143 Å². The normalized spacial score (nSPS) is 17.2. The van der Waals surface area contributed by atoms with Crippen LogP contribution in [0.15, 0.2) is 41.3 Å². The van der Waals surface area contributed by atoms with E-state index >= 15 is 0 Å². The van der Waals surface area contributed by atoms with Gasteiger partial charge in [-0.1, -0.05) is 18.2 Å². The van der Waals surface area contributed by atoms with Crippen molar-refractivity contribution in [2.24, 2.45) is 0 Å². The summed E-state index contributed by atoms with van der Waals surface area (Å²) in [5.41, 5.74) is 1.04. The van der Waals surface area contributed by atoms with Crippen LogP contribution in [0.2, 0.25) is 0 Å². The molecule has 0 spiro atoms. The summed E-state index contributed by atoms with van der Waals surface area (Å²) in [5, 5.41) is 7.39. The second kappa shape index (κ2) is 6.04. The van der Waals surface area contributed by atoms with Crippen LogP contribution in [0.25, 0.3) is 16.7 Å². The quantitative estimate of drug-likeness (QED) is 0.737. The maximum Gasteiger partial charge on any atom is 0.263 e. The Balaban J connectivity index is 1.84. The van der Waals surface area contributed by atoms with Crippen LogP contribution in [0.5, 0.6) is 0 Å². The van der Waals surface area contributed by atoms with Gasteiger partial charge in [0, 0.05) is 13.6 Å². The molecule has 1 atom stereocenters. The van der Waals surface area contributed by atoms with E-state index < -0.39 is 0 Å². The van der Waals surface area contributed by atoms with E-state index in [9.17, 15) is 9.59 Å². The molecule has 0 bridgehead atoms. The maximum absolute atomic E-state index is 12.5. The van der Waals surface area contributed by atoms with Crippen molar-refractivity contribution in [1.29, 1.82) is 0 Å². The van der Waals surface area contributed by atoms with Crippen LogP contribution in [0.4, 0.5) is 5.95 Å². The molecule has 1 fully saturated rings. The Morgan fingerprint density at radius 1 is 1.32 bits per heavy atom. The number of aromatic nitrogens is 4. The predicted molar refractivity (Wildman–Crippen MR) is 93.9 cm³/mol. The third-order valence-electron chi connectivity index (χ3n) is 4.50. The number of nitrogens with zero attached hydrogens (tertiary/aromatic N) is 4. The summed E-state index contributed by atoms with van der Waals surface area (Å²) in [4.78, 5) is 33.8. The van der Waals surface area contributed by atoms with Gasteiger partial charge in [-0.2, -0.15) is 10.1 Å². The first-order valence-electron chi connectivity index (χ1n) is 8.21. The van der Waals surface area contributed by atoms with Crippen molar-refractivity contribution in [2.75, 3.05) is 18.5 Å². The first-order chi connectivity index (χ1) is 12.2. The lowest BCUT2D eigenvalue weighted by molar-refractivity contribution is -0.121. The molecule has 8 heteroatoms. The van der Waals surface area contributed by atoms with Crippen molar-refractivity contribution in [3.63, 3.8) is 0 Å². The molecule has 1 aliphatic heterocycles. The number of para-hydroxylation sites is 1. The Kier molecular flexibility index (Phi) is 3.72. The standard InChI is InChI=1S/C17H18N6O2/c1-18-16(25)13-8-5-9-22(13)17-20-14-12(15(24)21-17)10-19-23(14)11-6-3-2-4-7-11/h2-4,6-7,10,13H,5,8-9H2,1H3,(H,18,25)(H,20,21,24). The van der Waals surface area contributed by atoms with Crippen LogP contribution in [0, 0.1) is 0 Å². The second-order valence-electron chi connectivity index (χ2n) is 5.98. The van der Waals surface area contributed by atoms with Gasteiger partial charge < -0.3 is 10.2 Å². The largest absolute Gasteiger partial charge is 0.357 e. The SMILES string of the molecule is CNC(=O)C1CCCN1c1nc2c(cnn2-c2ccccc2)c(=O)[nH]1. The van der Waals surface area contributed by atoms with Crippen LogP contribution in [0.3, 0.4) is 0 Å². The van der Waals surface area contributed by atoms with E-state index in [1.807, 2.05) is 35.2 Å². The highest BCUT2D eigenvalue weighted by Gasteiger charge is 2.32. The average Bonchev–Trinajstić information content (AvgIpc) is 3.29. The molecule has 1 saturated heterocycles. The van der Waals surface area contributed by atoms with Gasteiger partial charge in [-0.15, -0.1) is 0 Å². The van der Waals surface area contributed by atoms with E-state index in [4.69, 9.17) is 0 Å². The van der Waals surface area contributed by atoms with Gasteiger partial charge >= 0.3 is 0 Å². The lowest BCUT2D eigenvalue weighted by atomic mass is 10.2. The highest BCUT2D eigenvalue weighted by molar-refractivity contribution is 5.85. The molecule has 3 heterocycles. The van der Waals surface area contributed by atoms with E-state index in [2.05, 4.69) is 20.4 Å². The fourth-order valence-corrected chi connectivity index (χ4v) is 3.26. The minimum absolute atomic E-state index is 0.0724. The monoisotopic (exact) mass is 338 g/mol. The fourth-order valence-electron chi connectivity index (χ4n) is 3.26. The number of anilines is 1. The number of fused-ring (bicyclic) bond motifs is 1. The molecule has 2 N–H and O–H groups in total. The van der Waals surface area contributed by atoms with Crippen molar-refractivity contribution < 1.29 is 4.79 Å². The molecule has 2 aromatic heterocycles. The van der Waals surface area contributed by atoms with Gasteiger partial charge in [0.25, 0.3) is 5.56 Å². The zero-order valence-electron chi connectivity index (χ0n) is 13.8. The summed E-state index contributed by atoms with van der Waals surface area (Å²) in [5.74, 6) is 0.332. The minimum atomic E-state index is -0.321. The van der Waals surface area contributed by atoms with Crippen molar-refractivity contribution >= 4 is 22.9 Å². The molecule has 3 aromatic rings. The molecular formula is C17H18N6O2. The van der Waals surface area contributed by atoms with Crippen molar-refractivity contribution in [3.8, 4) is 5.69 Å². The average molecular weight is 338 g/mol. The molecule has 1 amide bonds. The second-order valence-corrected chi connectivity index (χ2v) is 5.98. The molecule has 8 nitrogen and oxygen atoms in total. The van der Waals surface area contributed by atoms with Crippen LogP contribution in [0.1, 0.15) is 12.8 Å². The number of nitrogens with one attached hydrogen (secondary N) is 2. The van der Waals surface area contributed by atoms with Crippen LogP contribution < -0.4 is 15.8 Å².